The Kier molecular flexibility index (Phi) is 7.24. The van der Waals surface area contributed by atoms with E-state index in [0.29, 0.717) is 25.3 Å². The van der Waals surface area contributed by atoms with Crippen molar-refractivity contribution in [3.05, 3.63) is 88.0 Å². The first-order chi connectivity index (χ1) is 16.6. The first kappa shape index (κ1) is 23.5. The normalized spacial score (nSPS) is 19.5. The van der Waals surface area contributed by atoms with Crippen LogP contribution in [0.1, 0.15) is 37.8 Å². The van der Waals surface area contributed by atoms with Crippen LogP contribution in [-0.4, -0.2) is 37.7 Å². The zero-order valence-electron chi connectivity index (χ0n) is 20.0. The van der Waals surface area contributed by atoms with Crippen LogP contribution in [0.3, 0.4) is 0 Å². The summed E-state index contributed by atoms with van der Waals surface area (Å²) in [6.45, 7) is 9.65. The fraction of sp³-hybridized carbons (Fsp3) is 0.321. The highest BCUT2D eigenvalue weighted by molar-refractivity contribution is 5.63. The maximum Gasteiger partial charge on any atom is 0.205 e. The van der Waals surface area contributed by atoms with Crippen molar-refractivity contribution < 1.29 is 14.2 Å². The van der Waals surface area contributed by atoms with E-state index in [1.54, 1.807) is 0 Å². The molecule has 0 spiro atoms. The molecule has 0 bridgehead atoms. The lowest BCUT2D eigenvalue weighted by Crippen LogP contribution is -2.38. The summed E-state index contributed by atoms with van der Waals surface area (Å²) in [5, 5.41) is 9.96. The minimum absolute atomic E-state index is 0.169. The third-order valence-electron chi connectivity index (χ3n) is 6.11. The van der Waals surface area contributed by atoms with E-state index in [2.05, 4.69) is 24.0 Å². The van der Waals surface area contributed by atoms with Crippen LogP contribution in [0.4, 0.5) is 0 Å². The number of nitriles is 1. The van der Waals surface area contributed by atoms with Crippen molar-refractivity contribution >= 4 is 6.08 Å². The molecule has 2 aliphatic rings. The molecule has 2 N–H and O–H groups in total. The second-order valence-corrected chi connectivity index (χ2v) is 8.26. The van der Waals surface area contributed by atoms with Gasteiger partial charge in [-0.2, -0.15) is 5.26 Å². The molecule has 4 rings (SSSR count). The molecule has 6 heteroatoms. The Morgan fingerprint density at radius 1 is 1.00 bits per heavy atom. The number of benzene rings is 2. The molecule has 2 aromatic rings. The standard InChI is InChI=1S/C28H31N3O3/c1-4-31-17-21(15-19-7-11-22(12-8-19)32-5-2)27-25(18-31)26(24(16-29)28(30)34-27)20-9-13-23(14-10-20)33-6-3/h7-15,26H,4-6,17-18,30H2,1-3H3/b21-15+/t26-/m1/s1. The molecule has 0 amide bonds. The lowest BCUT2D eigenvalue weighted by molar-refractivity contribution is 0.239. The van der Waals surface area contributed by atoms with Gasteiger partial charge in [0.2, 0.25) is 5.88 Å². The molecule has 0 fully saturated rings. The van der Waals surface area contributed by atoms with Crippen molar-refractivity contribution in [2.24, 2.45) is 5.73 Å². The van der Waals surface area contributed by atoms with Crippen LogP contribution in [-0.2, 0) is 4.74 Å². The van der Waals surface area contributed by atoms with Crippen LogP contribution in [0.5, 0.6) is 11.5 Å². The minimum Gasteiger partial charge on any atom is -0.494 e. The second-order valence-electron chi connectivity index (χ2n) is 8.26. The topological polar surface area (TPSA) is 80.7 Å². The molecule has 0 unspecified atom stereocenters. The summed E-state index contributed by atoms with van der Waals surface area (Å²) in [4.78, 5) is 2.35. The van der Waals surface area contributed by atoms with Gasteiger partial charge in [-0.3, -0.25) is 4.90 Å². The van der Waals surface area contributed by atoms with Gasteiger partial charge in [0.05, 0.1) is 19.1 Å². The summed E-state index contributed by atoms with van der Waals surface area (Å²) in [5.41, 5.74) is 10.9. The number of rotatable bonds is 7. The van der Waals surface area contributed by atoms with Crippen LogP contribution < -0.4 is 15.2 Å². The monoisotopic (exact) mass is 457 g/mol. The third kappa shape index (κ3) is 4.80. The van der Waals surface area contributed by atoms with Crippen molar-refractivity contribution in [3.8, 4) is 17.6 Å². The number of nitrogens with zero attached hydrogens (tertiary/aromatic N) is 2. The minimum atomic E-state index is -0.262. The van der Waals surface area contributed by atoms with Crippen molar-refractivity contribution in [2.75, 3.05) is 32.8 Å². The van der Waals surface area contributed by atoms with Gasteiger partial charge in [-0.25, -0.2) is 0 Å². The Balaban J connectivity index is 1.78. The van der Waals surface area contributed by atoms with Crippen LogP contribution in [0.25, 0.3) is 6.08 Å². The Bertz CT molecular complexity index is 1150. The first-order valence-corrected chi connectivity index (χ1v) is 11.8. The molecule has 0 saturated heterocycles. The number of ether oxygens (including phenoxy) is 3. The average molecular weight is 458 g/mol. The van der Waals surface area contributed by atoms with Gasteiger partial charge < -0.3 is 19.9 Å². The van der Waals surface area contributed by atoms with Crippen molar-refractivity contribution in [1.29, 1.82) is 5.26 Å². The van der Waals surface area contributed by atoms with E-state index in [-0.39, 0.29) is 11.8 Å². The summed E-state index contributed by atoms with van der Waals surface area (Å²) < 4.78 is 17.3. The molecule has 2 heterocycles. The Morgan fingerprint density at radius 3 is 2.18 bits per heavy atom. The smallest absolute Gasteiger partial charge is 0.205 e. The van der Waals surface area contributed by atoms with Gasteiger partial charge in [0.25, 0.3) is 0 Å². The summed E-state index contributed by atoms with van der Waals surface area (Å²) in [6.07, 6.45) is 2.13. The first-order valence-electron chi connectivity index (χ1n) is 11.8. The predicted octanol–water partition coefficient (Wildman–Crippen LogP) is 4.96. The maximum atomic E-state index is 9.96. The molecule has 6 nitrogen and oxygen atoms in total. The zero-order valence-corrected chi connectivity index (χ0v) is 20.0. The Hall–Kier alpha value is -3.69. The van der Waals surface area contributed by atoms with Crippen LogP contribution in [0, 0.1) is 11.3 Å². The van der Waals surface area contributed by atoms with Crippen molar-refractivity contribution in [1.82, 2.24) is 4.90 Å². The van der Waals surface area contributed by atoms with Gasteiger partial charge in [0, 0.05) is 18.7 Å². The Labute approximate surface area is 201 Å². The van der Waals surface area contributed by atoms with E-state index in [4.69, 9.17) is 19.9 Å². The van der Waals surface area contributed by atoms with Gasteiger partial charge in [-0.15, -0.1) is 0 Å². The third-order valence-corrected chi connectivity index (χ3v) is 6.11. The second kappa shape index (κ2) is 10.5. The molecule has 2 aliphatic heterocycles. The van der Waals surface area contributed by atoms with Gasteiger partial charge in [0.15, 0.2) is 0 Å². The van der Waals surface area contributed by atoms with Gasteiger partial charge in [0.1, 0.15) is 28.9 Å². The van der Waals surface area contributed by atoms with E-state index in [1.165, 1.54) is 0 Å². The number of likely N-dealkylation sites (N-methyl/N-ethyl adjacent to an activating group) is 1. The van der Waals surface area contributed by atoms with Crippen molar-refractivity contribution in [2.45, 2.75) is 26.7 Å². The lowest BCUT2D eigenvalue weighted by Gasteiger charge is -2.38. The number of hydrogen-bond donors (Lipinski definition) is 1. The molecule has 0 radical (unpaired) electrons. The molecular weight excluding hydrogens is 426 g/mol. The quantitative estimate of drug-likeness (QED) is 0.633. The fourth-order valence-corrected chi connectivity index (χ4v) is 4.50. The van der Waals surface area contributed by atoms with Gasteiger partial charge in [-0.05, 0) is 67.4 Å². The highest BCUT2D eigenvalue weighted by Crippen LogP contribution is 2.44. The van der Waals surface area contributed by atoms with Crippen LogP contribution >= 0.6 is 0 Å². The highest BCUT2D eigenvalue weighted by atomic mass is 16.5. The lowest BCUT2D eigenvalue weighted by atomic mass is 9.80. The largest absolute Gasteiger partial charge is 0.494 e. The van der Waals surface area contributed by atoms with Gasteiger partial charge in [-0.1, -0.05) is 31.2 Å². The van der Waals surface area contributed by atoms with E-state index >= 15 is 0 Å². The van der Waals surface area contributed by atoms with Gasteiger partial charge >= 0.3 is 0 Å². The molecular formula is C28H31N3O3. The number of allylic oxidation sites excluding steroid dienone is 1. The molecule has 176 valence electrons. The Morgan fingerprint density at radius 2 is 1.62 bits per heavy atom. The summed E-state index contributed by atoms with van der Waals surface area (Å²) in [5.74, 6) is 2.33. The molecule has 2 aromatic carbocycles. The summed E-state index contributed by atoms with van der Waals surface area (Å²) >= 11 is 0. The molecule has 1 atom stereocenters. The van der Waals surface area contributed by atoms with E-state index in [1.807, 2.05) is 62.4 Å². The molecule has 0 aliphatic carbocycles. The predicted molar refractivity (Wildman–Crippen MR) is 133 cm³/mol. The van der Waals surface area contributed by atoms with E-state index < -0.39 is 0 Å². The van der Waals surface area contributed by atoms with Crippen LogP contribution in [0.15, 0.2) is 76.9 Å². The van der Waals surface area contributed by atoms with Crippen molar-refractivity contribution in [3.63, 3.8) is 0 Å². The zero-order chi connectivity index (χ0) is 24.1. The SMILES string of the molecule is CCOc1ccc(/C=C2\CN(CC)CC3=C2OC(N)=C(C#N)[C@H]3c2ccc(OCC)cc2)cc1. The number of nitrogens with two attached hydrogens (primary N) is 1. The maximum absolute atomic E-state index is 9.96. The summed E-state index contributed by atoms with van der Waals surface area (Å²) in [7, 11) is 0. The summed E-state index contributed by atoms with van der Waals surface area (Å²) in [6, 6.07) is 18.2. The van der Waals surface area contributed by atoms with Crippen LogP contribution in [0.2, 0.25) is 0 Å². The number of hydrogen-bond acceptors (Lipinski definition) is 6. The fourth-order valence-electron chi connectivity index (χ4n) is 4.50. The average Bonchev–Trinajstić information content (AvgIpc) is 2.85. The highest BCUT2D eigenvalue weighted by Gasteiger charge is 2.37. The molecule has 0 saturated carbocycles. The molecule has 0 aromatic heterocycles. The van der Waals surface area contributed by atoms with E-state index in [0.717, 1.165) is 52.6 Å². The van der Waals surface area contributed by atoms with E-state index in [9.17, 15) is 5.26 Å². The molecule has 34 heavy (non-hydrogen) atoms.